The molecule has 1 amide bonds. The van der Waals surface area contributed by atoms with E-state index in [4.69, 9.17) is 34.8 Å². The van der Waals surface area contributed by atoms with Crippen molar-refractivity contribution in [2.75, 3.05) is 10.7 Å². The van der Waals surface area contributed by atoms with Crippen LogP contribution in [-0.2, 0) is 9.59 Å². The van der Waals surface area contributed by atoms with Gasteiger partial charge in [-0.1, -0.05) is 55.6 Å². The summed E-state index contributed by atoms with van der Waals surface area (Å²) < 4.78 is 0. The zero-order valence-electron chi connectivity index (χ0n) is 18.5. The zero-order chi connectivity index (χ0) is 25.1. The third-order valence-electron chi connectivity index (χ3n) is 7.59. The quantitative estimate of drug-likeness (QED) is 0.205. The summed E-state index contributed by atoms with van der Waals surface area (Å²) in [6, 6.07) is 8.57. The third-order valence-corrected chi connectivity index (χ3v) is 8.63. The van der Waals surface area contributed by atoms with Crippen LogP contribution in [0.2, 0.25) is 15.1 Å². The number of halogens is 3. The summed E-state index contributed by atoms with van der Waals surface area (Å²) in [5, 5.41) is 18.7. The van der Waals surface area contributed by atoms with E-state index in [9.17, 15) is 19.7 Å². The number of nitrogens with zero attached hydrogens (tertiary/aromatic N) is 2. The number of amides is 1. The number of ketones is 1. The van der Waals surface area contributed by atoms with Gasteiger partial charge in [0.2, 0.25) is 5.91 Å². The molecule has 0 radical (unpaired) electrons. The lowest BCUT2D eigenvalue weighted by Crippen LogP contribution is -2.47. The van der Waals surface area contributed by atoms with Crippen molar-refractivity contribution in [2.24, 2.45) is 21.3 Å². The van der Waals surface area contributed by atoms with E-state index in [1.165, 1.54) is 36.4 Å². The van der Waals surface area contributed by atoms with E-state index < -0.39 is 27.1 Å². The van der Waals surface area contributed by atoms with Crippen molar-refractivity contribution in [3.63, 3.8) is 0 Å². The summed E-state index contributed by atoms with van der Waals surface area (Å²) in [5.41, 5.74) is 0.998. The Hall–Kier alpha value is -2.68. The van der Waals surface area contributed by atoms with E-state index in [0.717, 1.165) is 0 Å². The average molecular weight is 524 g/mol. The maximum atomic E-state index is 13.7. The standard InChI is InChI=1S/C23H21Cl3N4O4/c1-21(2)22(3)8-9-23(21,20(32)27-17-11-15(25)14(24)10-16(17)26)19(31)18(22)29-28-12-4-6-13(7-5-12)30(33)34/h4-7,10-11,28H,8-9H2,1-3H3,(H,27,32)/b29-18+. The predicted molar refractivity (Wildman–Crippen MR) is 133 cm³/mol. The number of hydrogen-bond donors (Lipinski definition) is 2. The Labute approximate surface area is 210 Å². The normalized spacial score (nSPS) is 26.1. The Balaban J connectivity index is 1.67. The van der Waals surface area contributed by atoms with Crippen LogP contribution in [0.15, 0.2) is 41.5 Å². The topological polar surface area (TPSA) is 114 Å². The van der Waals surface area contributed by atoms with Crippen LogP contribution in [0.3, 0.4) is 0 Å². The number of nitrogens with one attached hydrogen (secondary N) is 2. The van der Waals surface area contributed by atoms with Crippen molar-refractivity contribution >= 4 is 69.3 Å². The van der Waals surface area contributed by atoms with Crippen LogP contribution in [0, 0.1) is 26.4 Å². The minimum Gasteiger partial charge on any atom is -0.324 e. The third kappa shape index (κ3) is 3.39. The van der Waals surface area contributed by atoms with Crippen molar-refractivity contribution in [2.45, 2.75) is 33.6 Å². The summed E-state index contributed by atoms with van der Waals surface area (Å²) in [6.45, 7) is 5.71. The Morgan fingerprint density at radius 3 is 2.26 bits per heavy atom. The second-order valence-corrected chi connectivity index (χ2v) is 10.5. The minimum atomic E-state index is -1.35. The molecule has 8 nitrogen and oxygen atoms in total. The fraction of sp³-hybridized carbons (Fsp3) is 0.348. The number of Topliss-reactive ketones (excluding diaryl/α,β-unsaturated/α-hetero) is 1. The number of carbonyl (C=O) groups excluding carboxylic acids is 2. The van der Waals surface area contributed by atoms with E-state index in [0.29, 0.717) is 18.5 Å². The van der Waals surface area contributed by atoms with E-state index in [-0.39, 0.29) is 37.9 Å². The number of nitro benzene ring substituents is 1. The van der Waals surface area contributed by atoms with Crippen LogP contribution in [0.1, 0.15) is 33.6 Å². The lowest BCUT2D eigenvalue weighted by molar-refractivity contribution is -0.384. The molecule has 2 unspecified atom stereocenters. The summed E-state index contributed by atoms with van der Waals surface area (Å²) in [6.07, 6.45) is 0.936. The number of benzene rings is 2. The largest absolute Gasteiger partial charge is 0.324 e. The van der Waals surface area contributed by atoms with Gasteiger partial charge in [-0.15, -0.1) is 0 Å². The van der Waals surface area contributed by atoms with Gasteiger partial charge in [0.05, 0.1) is 31.4 Å². The van der Waals surface area contributed by atoms with Crippen LogP contribution < -0.4 is 10.7 Å². The maximum absolute atomic E-state index is 13.7. The Morgan fingerprint density at radius 1 is 1.03 bits per heavy atom. The predicted octanol–water partition coefficient (Wildman–Crippen LogP) is 6.36. The summed E-state index contributed by atoms with van der Waals surface area (Å²) in [5.74, 6) is -0.846. The van der Waals surface area contributed by atoms with Gasteiger partial charge in [-0.2, -0.15) is 5.10 Å². The number of hydrogen-bond acceptors (Lipinski definition) is 6. The summed E-state index contributed by atoms with van der Waals surface area (Å²) in [4.78, 5) is 37.7. The molecule has 2 aromatic carbocycles. The summed E-state index contributed by atoms with van der Waals surface area (Å²) in [7, 11) is 0. The summed E-state index contributed by atoms with van der Waals surface area (Å²) >= 11 is 18.3. The molecule has 2 saturated carbocycles. The van der Waals surface area contributed by atoms with Gasteiger partial charge in [-0.05, 0) is 42.5 Å². The Morgan fingerprint density at radius 2 is 1.65 bits per heavy atom. The molecule has 4 rings (SSSR count). The van der Waals surface area contributed by atoms with Gasteiger partial charge in [0, 0.05) is 17.5 Å². The molecule has 2 aliphatic carbocycles. The number of fused-ring (bicyclic) bond motifs is 2. The Kier molecular flexibility index (Phi) is 5.91. The van der Waals surface area contributed by atoms with Gasteiger partial charge in [0.1, 0.15) is 11.1 Å². The molecule has 178 valence electrons. The lowest BCUT2D eigenvalue weighted by atomic mass is 9.64. The monoisotopic (exact) mass is 522 g/mol. The molecule has 2 atom stereocenters. The lowest BCUT2D eigenvalue weighted by Gasteiger charge is -2.37. The molecule has 2 aromatic rings. The van der Waals surface area contributed by atoms with E-state index in [1.807, 2.05) is 20.8 Å². The highest BCUT2D eigenvalue weighted by atomic mass is 35.5. The van der Waals surface area contributed by atoms with Crippen LogP contribution in [-0.4, -0.2) is 22.3 Å². The molecular weight excluding hydrogens is 503 g/mol. The van der Waals surface area contributed by atoms with Crippen LogP contribution in [0.25, 0.3) is 0 Å². The van der Waals surface area contributed by atoms with Gasteiger partial charge >= 0.3 is 0 Å². The maximum Gasteiger partial charge on any atom is 0.269 e. The van der Waals surface area contributed by atoms with Gasteiger partial charge in [-0.25, -0.2) is 0 Å². The highest BCUT2D eigenvalue weighted by molar-refractivity contribution is 6.51. The first-order valence-corrected chi connectivity index (χ1v) is 11.6. The SMILES string of the molecule is CC12CCC(C(=O)Nc3cc(Cl)c(Cl)cc3Cl)(C(=O)/C1=N\Nc1ccc([N+](=O)[O-])cc1)C2(C)C. The molecule has 2 bridgehead atoms. The average Bonchev–Trinajstić information content (AvgIpc) is 3.05. The molecule has 0 aromatic heterocycles. The van der Waals surface area contributed by atoms with Crippen molar-refractivity contribution in [3.05, 3.63) is 61.6 Å². The van der Waals surface area contributed by atoms with Crippen molar-refractivity contribution in [1.82, 2.24) is 0 Å². The molecule has 0 heterocycles. The fourth-order valence-electron chi connectivity index (χ4n) is 5.10. The van der Waals surface area contributed by atoms with Crippen molar-refractivity contribution in [3.8, 4) is 0 Å². The van der Waals surface area contributed by atoms with Crippen LogP contribution >= 0.6 is 34.8 Å². The highest BCUT2D eigenvalue weighted by Gasteiger charge is 2.76. The van der Waals surface area contributed by atoms with Gasteiger partial charge < -0.3 is 5.32 Å². The molecular formula is C23H21Cl3N4O4. The van der Waals surface area contributed by atoms with E-state index in [2.05, 4.69) is 15.8 Å². The zero-order valence-corrected chi connectivity index (χ0v) is 20.8. The number of anilines is 2. The van der Waals surface area contributed by atoms with Gasteiger partial charge in [-0.3, -0.25) is 25.1 Å². The van der Waals surface area contributed by atoms with E-state index in [1.54, 1.807) is 0 Å². The molecule has 2 aliphatic rings. The number of rotatable bonds is 5. The van der Waals surface area contributed by atoms with Crippen LogP contribution in [0.5, 0.6) is 0 Å². The fourth-order valence-corrected chi connectivity index (χ4v) is 5.69. The molecule has 11 heteroatoms. The first kappa shape index (κ1) is 24.4. The minimum absolute atomic E-state index is 0.0566. The molecule has 2 N–H and O–H groups in total. The Bertz CT molecular complexity index is 1260. The first-order valence-electron chi connectivity index (χ1n) is 10.4. The van der Waals surface area contributed by atoms with Gasteiger partial charge in [0.25, 0.3) is 5.69 Å². The molecule has 34 heavy (non-hydrogen) atoms. The number of hydrazone groups is 1. The molecule has 2 fully saturated rings. The highest BCUT2D eigenvalue weighted by Crippen LogP contribution is 2.69. The number of non-ortho nitro benzene ring substituents is 1. The number of nitro groups is 1. The van der Waals surface area contributed by atoms with Crippen molar-refractivity contribution in [1.29, 1.82) is 0 Å². The number of carbonyl (C=O) groups is 2. The second kappa shape index (κ2) is 8.22. The van der Waals surface area contributed by atoms with Crippen LogP contribution in [0.4, 0.5) is 17.1 Å². The van der Waals surface area contributed by atoms with Crippen molar-refractivity contribution < 1.29 is 14.5 Å². The van der Waals surface area contributed by atoms with E-state index >= 15 is 0 Å². The molecule has 0 saturated heterocycles. The second-order valence-electron chi connectivity index (χ2n) is 9.27. The first-order chi connectivity index (χ1) is 15.8. The van der Waals surface area contributed by atoms with Gasteiger partial charge in [0.15, 0.2) is 5.78 Å². The smallest absolute Gasteiger partial charge is 0.269 e. The molecule has 0 spiro atoms. The molecule has 0 aliphatic heterocycles.